The van der Waals surface area contributed by atoms with E-state index in [1.807, 2.05) is 0 Å². The molecule has 1 unspecified atom stereocenters. The molecule has 1 aromatic carbocycles. The molecule has 0 saturated heterocycles. The van der Waals surface area contributed by atoms with Crippen LogP contribution in [-0.4, -0.2) is 29.4 Å². The Balaban J connectivity index is 1.77. The number of pyridine rings is 1. The van der Waals surface area contributed by atoms with Gasteiger partial charge in [0.05, 0.1) is 17.1 Å². The largest absolute Gasteiger partial charge is 0.402 e. The van der Waals surface area contributed by atoms with Crippen molar-refractivity contribution < 1.29 is 13.9 Å². The molecular weight excluding hydrogens is 468 g/mol. The molecule has 184 valence electrons. The van der Waals surface area contributed by atoms with E-state index >= 15 is 0 Å². The molecule has 3 heterocycles. The van der Waals surface area contributed by atoms with E-state index in [9.17, 15) is 13.9 Å². The van der Waals surface area contributed by atoms with Gasteiger partial charge < -0.3 is 21.9 Å². The van der Waals surface area contributed by atoms with Gasteiger partial charge in [0.25, 0.3) is 6.43 Å². The summed E-state index contributed by atoms with van der Waals surface area (Å²) >= 11 is 0. The number of anilines is 1. The lowest BCUT2D eigenvalue weighted by molar-refractivity contribution is 0.142. The van der Waals surface area contributed by atoms with Gasteiger partial charge in [0.15, 0.2) is 11.5 Å². The summed E-state index contributed by atoms with van der Waals surface area (Å²) in [4.78, 5) is 8.93. The molecule has 0 radical (unpaired) electrons. The number of imidazole rings is 1. The Bertz CT molecular complexity index is 1520. The number of halogens is 2. The maximum atomic E-state index is 13.7. The van der Waals surface area contributed by atoms with Gasteiger partial charge in [0, 0.05) is 23.0 Å². The van der Waals surface area contributed by atoms with E-state index < -0.39 is 18.2 Å². The number of rotatable bonds is 7. The minimum Gasteiger partial charge on any atom is -0.402 e. The summed E-state index contributed by atoms with van der Waals surface area (Å²) < 4.78 is 29.9. The second-order valence-corrected chi connectivity index (χ2v) is 8.01. The molecular formula is C24H23F2N9O. The number of aliphatic hydroxyl groups excluding tert-OH is 1. The van der Waals surface area contributed by atoms with E-state index in [2.05, 4.69) is 20.4 Å². The maximum absolute atomic E-state index is 13.7. The summed E-state index contributed by atoms with van der Waals surface area (Å²) in [6, 6.07) is 11.4. The smallest absolute Gasteiger partial charge is 0.280 e. The quantitative estimate of drug-likeness (QED) is 0.286. The molecule has 0 amide bonds. The highest BCUT2D eigenvalue weighted by Crippen LogP contribution is 2.29. The molecule has 4 aromatic rings. The number of aromatic nitrogens is 5. The fraction of sp³-hybridized carbons (Fsp3) is 0.167. The number of nitrogens with two attached hydrogens (primary N) is 2. The first-order valence-corrected chi connectivity index (χ1v) is 10.8. The lowest BCUT2D eigenvalue weighted by atomic mass is 10.1. The molecule has 3 aromatic heterocycles. The van der Waals surface area contributed by atoms with E-state index in [0.717, 1.165) is 10.7 Å². The van der Waals surface area contributed by atoms with Crippen molar-refractivity contribution in [2.75, 3.05) is 5.32 Å². The number of alkyl halides is 2. The predicted molar refractivity (Wildman–Crippen MR) is 130 cm³/mol. The van der Waals surface area contributed by atoms with Crippen LogP contribution in [0, 0.1) is 11.3 Å². The molecule has 4 rings (SSSR count). The van der Waals surface area contributed by atoms with Crippen LogP contribution in [0.1, 0.15) is 43.3 Å². The van der Waals surface area contributed by atoms with Crippen LogP contribution in [0.25, 0.3) is 22.7 Å². The molecule has 0 fully saturated rings. The Morgan fingerprint density at radius 1 is 1.19 bits per heavy atom. The van der Waals surface area contributed by atoms with Gasteiger partial charge >= 0.3 is 0 Å². The van der Waals surface area contributed by atoms with Crippen LogP contribution >= 0.6 is 0 Å². The van der Waals surface area contributed by atoms with Crippen molar-refractivity contribution in [3.05, 3.63) is 83.3 Å². The molecule has 0 bridgehead atoms. The van der Waals surface area contributed by atoms with Crippen LogP contribution in [0.2, 0.25) is 0 Å². The number of nitriles is 1. The van der Waals surface area contributed by atoms with Crippen LogP contribution in [0.5, 0.6) is 0 Å². The van der Waals surface area contributed by atoms with Crippen LogP contribution in [0.4, 0.5) is 14.5 Å². The van der Waals surface area contributed by atoms with E-state index in [0.29, 0.717) is 34.1 Å². The van der Waals surface area contributed by atoms with Crippen molar-refractivity contribution >= 4 is 16.7 Å². The van der Waals surface area contributed by atoms with Crippen LogP contribution in [-0.2, 0) is 0 Å². The average Bonchev–Trinajstić information content (AvgIpc) is 3.46. The Kier molecular flexibility index (Phi) is 6.67. The predicted octanol–water partition coefficient (Wildman–Crippen LogP) is 3.54. The molecule has 6 N–H and O–H groups in total. The van der Waals surface area contributed by atoms with Gasteiger partial charge in [-0.15, -0.1) is 0 Å². The number of aliphatic hydroxyl groups is 1. The van der Waals surface area contributed by atoms with Gasteiger partial charge in [0.2, 0.25) is 0 Å². The fourth-order valence-electron chi connectivity index (χ4n) is 3.56. The first-order chi connectivity index (χ1) is 17.2. The molecule has 1 atom stereocenters. The van der Waals surface area contributed by atoms with Crippen LogP contribution in [0.3, 0.4) is 0 Å². The highest BCUT2D eigenvalue weighted by atomic mass is 19.3. The van der Waals surface area contributed by atoms with E-state index in [1.54, 1.807) is 66.4 Å². The monoisotopic (exact) mass is 491 g/mol. The Hall–Kier alpha value is -4.76. The second kappa shape index (κ2) is 9.85. The maximum Gasteiger partial charge on any atom is 0.280 e. The molecule has 12 heteroatoms. The average molecular weight is 492 g/mol. The van der Waals surface area contributed by atoms with Crippen LogP contribution < -0.4 is 16.8 Å². The van der Waals surface area contributed by atoms with Crippen molar-refractivity contribution in [1.29, 1.82) is 5.26 Å². The first-order valence-electron chi connectivity index (χ1n) is 10.8. The number of nitrogens with zero attached hydrogens (tertiary/aromatic N) is 6. The number of hydrogen-bond donors (Lipinski definition) is 4. The highest BCUT2D eigenvalue weighted by Gasteiger charge is 2.23. The Morgan fingerprint density at radius 2 is 1.97 bits per heavy atom. The second-order valence-electron chi connectivity index (χ2n) is 8.01. The molecule has 36 heavy (non-hydrogen) atoms. The summed E-state index contributed by atoms with van der Waals surface area (Å²) in [6.45, 7) is 3.24. The fourth-order valence-corrected chi connectivity index (χ4v) is 3.56. The van der Waals surface area contributed by atoms with Crippen molar-refractivity contribution in [2.45, 2.75) is 26.4 Å². The summed E-state index contributed by atoms with van der Waals surface area (Å²) in [5, 5.41) is 26.4. The number of allylic oxidation sites excluding steroid dienone is 3. The Labute approximate surface area is 204 Å². The lowest BCUT2D eigenvalue weighted by Crippen LogP contribution is -2.12. The van der Waals surface area contributed by atoms with Crippen LogP contribution in [0.15, 0.2) is 66.4 Å². The van der Waals surface area contributed by atoms with E-state index in [-0.39, 0.29) is 17.1 Å². The zero-order valence-corrected chi connectivity index (χ0v) is 19.4. The van der Waals surface area contributed by atoms with Crippen molar-refractivity contribution in [2.24, 2.45) is 11.5 Å². The van der Waals surface area contributed by atoms with Gasteiger partial charge in [-0.3, -0.25) is 4.57 Å². The SMILES string of the molecule is C/C(N)=C/C=C(\N)Nc1ccc2c(c1)ncn2-c1ccc(C(C)O)c(-n2nc(C#N)cc2C(F)F)n1. The summed E-state index contributed by atoms with van der Waals surface area (Å²) in [6.07, 6.45) is 0.937. The van der Waals surface area contributed by atoms with Crippen molar-refractivity contribution in [3.63, 3.8) is 0 Å². The normalized spacial score (nSPS) is 13.2. The van der Waals surface area contributed by atoms with E-state index in [1.165, 1.54) is 6.92 Å². The third-order valence-corrected chi connectivity index (χ3v) is 5.22. The first kappa shape index (κ1) is 24.4. The van der Waals surface area contributed by atoms with Crippen molar-refractivity contribution in [3.8, 4) is 17.7 Å². The van der Waals surface area contributed by atoms with E-state index in [4.69, 9.17) is 16.7 Å². The summed E-state index contributed by atoms with van der Waals surface area (Å²) in [5.41, 5.74) is 13.8. The minimum atomic E-state index is -2.90. The third-order valence-electron chi connectivity index (χ3n) is 5.22. The zero-order chi connectivity index (χ0) is 26.0. The molecule has 0 aliphatic heterocycles. The summed E-state index contributed by atoms with van der Waals surface area (Å²) in [5.74, 6) is 0.736. The molecule has 0 spiro atoms. The van der Waals surface area contributed by atoms with Gasteiger partial charge in [-0.25, -0.2) is 23.4 Å². The van der Waals surface area contributed by atoms with Gasteiger partial charge in [0.1, 0.15) is 29.7 Å². The zero-order valence-electron chi connectivity index (χ0n) is 19.4. The van der Waals surface area contributed by atoms with Gasteiger partial charge in [-0.05, 0) is 56.3 Å². The lowest BCUT2D eigenvalue weighted by Gasteiger charge is -2.15. The number of benzene rings is 1. The standard InChI is InChI=1S/C24H23F2N9O/c1-13(28)3-7-21(29)31-15-4-6-19-18(9-15)30-12-34(19)22-8-5-17(14(2)36)24(32-22)35-20(23(25)26)10-16(11-27)33-35/h3-10,12,14,23,31,36H,28-29H2,1-2H3/b13-3-,21-7+. The molecule has 0 aliphatic carbocycles. The summed E-state index contributed by atoms with van der Waals surface area (Å²) in [7, 11) is 0. The molecule has 0 aliphatic rings. The molecule has 10 nitrogen and oxygen atoms in total. The molecule has 0 saturated carbocycles. The minimum absolute atomic E-state index is 0.0133. The number of fused-ring (bicyclic) bond motifs is 1. The number of hydrogen-bond acceptors (Lipinski definition) is 8. The Morgan fingerprint density at radius 3 is 2.64 bits per heavy atom. The van der Waals surface area contributed by atoms with Gasteiger partial charge in [-0.2, -0.15) is 10.4 Å². The number of nitrogens with one attached hydrogen (secondary N) is 1. The van der Waals surface area contributed by atoms with Crippen molar-refractivity contribution in [1.82, 2.24) is 24.3 Å². The topological polar surface area (TPSA) is 157 Å². The highest BCUT2D eigenvalue weighted by molar-refractivity contribution is 5.81. The third kappa shape index (κ3) is 4.86. The van der Waals surface area contributed by atoms with Gasteiger partial charge in [-0.1, -0.05) is 0 Å².